The number of hydrogen-bond donors (Lipinski definition) is 1. The molecule has 5 heteroatoms. The first-order valence-electron chi connectivity index (χ1n) is 9.48. The van der Waals surface area contributed by atoms with E-state index in [1.165, 1.54) is 13.3 Å². The lowest BCUT2D eigenvalue weighted by molar-refractivity contribution is -0.121. The highest BCUT2D eigenvalue weighted by Crippen LogP contribution is 2.42. The highest BCUT2D eigenvalue weighted by Gasteiger charge is 2.33. The number of carbonyl (C=O) groups is 1. The van der Waals surface area contributed by atoms with Crippen molar-refractivity contribution in [3.05, 3.63) is 35.4 Å². The van der Waals surface area contributed by atoms with Crippen LogP contribution in [-0.2, 0) is 20.4 Å². The summed E-state index contributed by atoms with van der Waals surface area (Å²) in [6.07, 6.45) is 6.61. The van der Waals surface area contributed by atoms with E-state index in [9.17, 15) is 13.2 Å². The lowest BCUT2D eigenvalue weighted by Crippen LogP contribution is -2.47. The van der Waals surface area contributed by atoms with Crippen LogP contribution in [0.3, 0.4) is 0 Å². The summed E-state index contributed by atoms with van der Waals surface area (Å²) < 4.78 is 25.6. The fourth-order valence-electron chi connectivity index (χ4n) is 3.79. The summed E-state index contributed by atoms with van der Waals surface area (Å²) in [6, 6.07) is 7.86. The van der Waals surface area contributed by atoms with Crippen molar-refractivity contribution in [3.8, 4) is 0 Å². The van der Waals surface area contributed by atoms with Crippen LogP contribution >= 0.6 is 0 Å². The zero-order chi connectivity index (χ0) is 18.0. The van der Waals surface area contributed by atoms with Gasteiger partial charge in [-0.05, 0) is 55.6 Å². The van der Waals surface area contributed by atoms with Crippen molar-refractivity contribution >= 4 is 15.7 Å². The number of carbonyl (C=O) groups excluding carboxylic acids is 1. The summed E-state index contributed by atoms with van der Waals surface area (Å²) >= 11 is 0. The first-order valence-corrected chi connectivity index (χ1v) is 11.2. The van der Waals surface area contributed by atoms with Gasteiger partial charge in [-0.3, -0.25) is 4.79 Å². The van der Waals surface area contributed by atoms with E-state index in [2.05, 4.69) is 12.2 Å². The maximum Gasteiger partial charge on any atom is 0.238 e. The molecule has 0 radical (unpaired) electrons. The first kappa shape index (κ1) is 18.4. The van der Waals surface area contributed by atoms with Crippen molar-refractivity contribution in [1.82, 2.24) is 5.32 Å². The van der Waals surface area contributed by atoms with E-state index in [0.29, 0.717) is 11.8 Å². The molecule has 25 heavy (non-hydrogen) atoms. The van der Waals surface area contributed by atoms with Gasteiger partial charge in [0.15, 0.2) is 9.84 Å². The average Bonchev–Trinajstić information content (AvgIpc) is 3.41. The van der Waals surface area contributed by atoms with Gasteiger partial charge in [-0.15, -0.1) is 0 Å². The Bertz CT molecular complexity index is 724. The van der Waals surface area contributed by atoms with E-state index in [1.807, 2.05) is 24.3 Å². The second kappa shape index (κ2) is 7.48. The van der Waals surface area contributed by atoms with Crippen LogP contribution in [0.4, 0.5) is 0 Å². The molecule has 3 unspecified atom stereocenters. The van der Waals surface area contributed by atoms with Crippen LogP contribution < -0.4 is 5.32 Å². The predicted octanol–water partition coefficient (Wildman–Crippen LogP) is 3.56. The summed E-state index contributed by atoms with van der Waals surface area (Å²) in [5.74, 6) is 0.526. The SMILES string of the molecule is CC1CCCCC1NC(=O)C(C)S(=O)(=O)Cc1ccccc1C1CC1. The number of rotatable bonds is 6. The molecule has 0 aromatic heterocycles. The summed E-state index contributed by atoms with van der Waals surface area (Å²) in [6.45, 7) is 3.66. The maximum absolute atomic E-state index is 12.8. The molecule has 0 bridgehead atoms. The van der Waals surface area contributed by atoms with Crippen LogP contribution in [-0.4, -0.2) is 25.6 Å². The lowest BCUT2D eigenvalue weighted by Gasteiger charge is -2.30. The molecule has 0 spiro atoms. The van der Waals surface area contributed by atoms with Gasteiger partial charge < -0.3 is 5.32 Å². The first-order chi connectivity index (χ1) is 11.9. The monoisotopic (exact) mass is 363 g/mol. The third-order valence-electron chi connectivity index (χ3n) is 5.78. The molecule has 138 valence electrons. The van der Waals surface area contributed by atoms with Crippen LogP contribution in [0.15, 0.2) is 24.3 Å². The summed E-state index contributed by atoms with van der Waals surface area (Å²) in [7, 11) is -3.52. The summed E-state index contributed by atoms with van der Waals surface area (Å²) in [5, 5.41) is 1.99. The molecule has 2 aliphatic carbocycles. The molecular weight excluding hydrogens is 334 g/mol. The van der Waals surface area contributed by atoms with E-state index in [4.69, 9.17) is 0 Å². The average molecular weight is 364 g/mol. The van der Waals surface area contributed by atoms with Crippen molar-refractivity contribution in [2.75, 3.05) is 0 Å². The van der Waals surface area contributed by atoms with Gasteiger partial charge in [0.1, 0.15) is 5.25 Å². The molecule has 0 saturated heterocycles. The number of sulfone groups is 1. The highest BCUT2D eigenvalue weighted by molar-refractivity contribution is 7.92. The fraction of sp³-hybridized carbons (Fsp3) is 0.650. The topological polar surface area (TPSA) is 63.2 Å². The predicted molar refractivity (Wildman–Crippen MR) is 100 cm³/mol. The van der Waals surface area contributed by atoms with Crippen LogP contribution in [0.5, 0.6) is 0 Å². The molecule has 1 aromatic carbocycles. The van der Waals surface area contributed by atoms with Gasteiger partial charge in [-0.2, -0.15) is 0 Å². The number of nitrogens with one attached hydrogen (secondary N) is 1. The molecule has 2 fully saturated rings. The standard InChI is InChI=1S/C20H29NO3S/c1-14-7-3-6-10-19(14)21-20(22)15(2)25(23,24)13-17-8-4-5-9-18(17)16-11-12-16/h4-5,8-9,14-16,19H,3,6-7,10-13H2,1-2H3,(H,21,22). The van der Waals surface area contributed by atoms with Crippen molar-refractivity contribution in [2.24, 2.45) is 5.92 Å². The molecule has 2 aliphatic rings. The number of benzene rings is 1. The van der Waals surface area contributed by atoms with Crippen LogP contribution in [0.2, 0.25) is 0 Å². The second-order valence-corrected chi connectivity index (χ2v) is 10.1. The minimum Gasteiger partial charge on any atom is -0.352 e. The Morgan fingerprint density at radius 3 is 2.52 bits per heavy atom. The molecule has 4 nitrogen and oxygen atoms in total. The van der Waals surface area contributed by atoms with E-state index >= 15 is 0 Å². The van der Waals surface area contributed by atoms with Crippen LogP contribution in [0.1, 0.15) is 69.4 Å². The molecule has 1 N–H and O–H groups in total. The van der Waals surface area contributed by atoms with E-state index in [1.54, 1.807) is 0 Å². The Morgan fingerprint density at radius 1 is 1.16 bits per heavy atom. The number of amides is 1. The quantitative estimate of drug-likeness (QED) is 0.840. The van der Waals surface area contributed by atoms with E-state index < -0.39 is 15.1 Å². The zero-order valence-electron chi connectivity index (χ0n) is 15.2. The van der Waals surface area contributed by atoms with Gasteiger partial charge in [0.25, 0.3) is 0 Å². The van der Waals surface area contributed by atoms with Crippen molar-refractivity contribution in [3.63, 3.8) is 0 Å². The summed E-state index contributed by atoms with van der Waals surface area (Å²) in [4.78, 5) is 12.5. The van der Waals surface area contributed by atoms with Gasteiger partial charge >= 0.3 is 0 Å². The van der Waals surface area contributed by atoms with E-state index in [0.717, 1.165) is 43.2 Å². The molecular formula is C20H29NO3S. The van der Waals surface area contributed by atoms with Gasteiger partial charge in [0, 0.05) is 6.04 Å². The molecule has 1 aromatic rings. The Hall–Kier alpha value is -1.36. The minimum atomic E-state index is -3.52. The van der Waals surface area contributed by atoms with E-state index in [-0.39, 0.29) is 17.7 Å². The normalized spacial score (nSPS) is 25.4. The van der Waals surface area contributed by atoms with Gasteiger partial charge in [0.2, 0.25) is 5.91 Å². The molecule has 3 atom stereocenters. The van der Waals surface area contributed by atoms with Crippen LogP contribution in [0.25, 0.3) is 0 Å². The molecule has 0 heterocycles. The van der Waals surface area contributed by atoms with Gasteiger partial charge in [0.05, 0.1) is 5.75 Å². The molecule has 1 amide bonds. The molecule has 3 rings (SSSR count). The Balaban J connectivity index is 1.68. The van der Waals surface area contributed by atoms with Crippen molar-refractivity contribution < 1.29 is 13.2 Å². The lowest BCUT2D eigenvalue weighted by atomic mass is 9.86. The Kier molecular flexibility index (Phi) is 5.52. The fourth-order valence-corrected chi connectivity index (χ4v) is 5.13. The zero-order valence-corrected chi connectivity index (χ0v) is 16.0. The minimum absolute atomic E-state index is 0.0471. The third-order valence-corrected chi connectivity index (χ3v) is 7.78. The molecule has 0 aliphatic heterocycles. The van der Waals surface area contributed by atoms with Crippen molar-refractivity contribution in [2.45, 2.75) is 75.3 Å². The Labute approximate surface area is 151 Å². The molecule has 2 saturated carbocycles. The number of hydrogen-bond acceptors (Lipinski definition) is 3. The van der Waals surface area contributed by atoms with Gasteiger partial charge in [-0.25, -0.2) is 8.42 Å². The largest absolute Gasteiger partial charge is 0.352 e. The smallest absolute Gasteiger partial charge is 0.238 e. The van der Waals surface area contributed by atoms with Crippen LogP contribution in [0, 0.1) is 5.92 Å². The van der Waals surface area contributed by atoms with Gasteiger partial charge in [-0.1, -0.05) is 44.0 Å². The third kappa shape index (κ3) is 4.43. The Morgan fingerprint density at radius 2 is 1.84 bits per heavy atom. The second-order valence-electron chi connectivity index (χ2n) is 7.80. The maximum atomic E-state index is 12.8. The summed E-state index contributed by atoms with van der Waals surface area (Å²) in [5.41, 5.74) is 2.00. The van der Waals surface area contributed by atoms with Crippen molar-refractivity contribution in [1.29, 1.82) is 0 Å². The highest BCUT2D eigenvalue weighted by atomic mass is 32.2.